The van der Waals surface area contributed by atoms with E-state index in [4.69, 9.17) is 0 Å². The van der Waals surface area contributed by atoms with Crippen LogP contribution in [0.5, 0.6) is 0 Å². The fourth-order valence-electron chi connectivity index (χ4n) is 3.23. The van der Waals surface area contributed by atoms with Gasteiger partial charge in [-0.05, 0) is 51.4 Å². The van der Waals surface area contributed by atoms with Crippen LogP contribution in [0.25, 0.3) is 0 Å². The number of nitrogens with zero attached hydrogens (tertiary/aromatic N) is 2. The second kappa shape index (κ2) is 6.71. The minimum absolute atomic E-state index is 0.0867. The summed E-state index contributed by atoms with van der Waals surface area (Å²) in [5.74, 6) is 0.169. The third-order valence-corrected chi connectivity index (χ3v) is 4.73. The topological polar surface area (TPSA) is 52.7 Å². The molecule has 0 radical (unpaired) electrons. The van der Waals surface area contributed by atoms with E-state index in [1.54, 1.807) is 18.0 Å². The number of hydrogen-bond acceptors (Lipinski definition) is 3. The highest BCUT2D eigenvalue weighted by Crippen LogP contribution is 2.33. The predicted molar refractivity (Wildman–Crippen MR) is 90.6 cm³/mol. The van der Waals surface area contributed by atoms with E-state index in [0.29, 0.717) is 11.3 Å². The van der Waals surface area contributed by atoms with E-state index in [0.717, 1.165) is 38.8 Å². The summed E-state index contributed by atoms with van der Waals surface area (Å²) in [5.41, 5.74) is 1.28. The van der Waals surface area contributed by atoms with Crippen LogP contribution in [0.1, 0.15) is 36.0 Å². The van der Waals surface area contributed by atoms with Gasteiger partial charge in [0.25, 0.3) is 5.91 Å². The van der Waals surface area contributed by atoms with Crippen LogP contribution >= 0.6 is 0 Å². The van der Waals surface area contributed by atoms with E-state index in [1.807, 2.05) is 18.2 Å². The average molecular weight is 315 g/mol. The molecule has 1 heterocycles. The molecule has 0 bridgehead atoms. The SMILES string of the molecule is CN1CCC[C@H](NC(=O)c2ccccc2N(C)C(=O)C2CC2)C1. The lowest BCUT2D eigenvalue weighted by Crippen LogP contribution is -2.46. The van der Waals surface area contributed by atoms with Crippen LogP contribution in [0.2, 0.25) is 0 Å². The largest absolute Gasteiger partial charge is 0.348 e. The molecule has 1 aliphatic heterocycles. The minimum atomic E-state index is -0.0867. The Hall–Kier alpha value is -1.88. The van der Waals surface area contributed by atoms with Gasteiger partial charge in [-0.25, -0.2) is 0 Å². The van der Waals surface area contributed by atoms with Crippen molar-refractivity contribution in [1.29, 1.82) is 0 Å². The number of nitrogens with one attached hydrogen (secondary N) is 1. The molecule has 1 aromatic carbocycles. The Bertz CT molecular complexity index is 598. The molecule has 5 nitrogen and oxygen atoms in total. The van der Waals surface area contributed by atoms with Crippen molar-refractivity contribution in [2.75, 3.05) is 32.1 Å². The lowest BCUT2D eigenvalue weighted by Gasteiger charge is -2.30. The Morgan fingerprint density at radius 2 is 1.96 bits per heavy atom. The molecule has 124 valence electrons. The summed E-state index contributed by atoms with van der Waals surface area (Å²) >= 11 is 0. The van der Waals surface area contributed by atoms with Crippen molar-refractivity contribution in [2.24, 2.45) is 5.92 Å². The number of rotatable bonds is 4. The molecule has 1 atom stereocenters. The second-order valence-corrected chi connectivity index (χ2v) is 6.76. The number of likely N-dealkylation sites (N-methyl/N-ethyl adjacent to an activating group) is 1. The smallest absolute Gasteiger partial charge is 0.253 e. The molecular formula is C18H25N3O2. The fraction of sp³-hybridized carbons (Fsp3) is 0.556. The van der Waals surface area contributed by atoms with Gasteiger partial charge in [-0.15, -0.1) is 0 Å². The zero-order valence-electron chi connectivity index (χ0n) is 13.9. The first kappa shape index (κ1) is 16.0. The van der Waals surface area contributed by atoms with Gasteiger partial charge in [0.15, 0.2) is 0 Å². The van der Waals surface area contributed by atoms with Gasteiger partial charge >= 0.3 is 0 Å². The van der Waals surface area contributed by atoms with Crippen LogP contribution in [0.15, 0.2) is 24.3 Å². The molecule has 23 heavy (non-hydrogen) atoms. The lowest BCUT2D eigenvalue weighted by molar-refractivity contribution is -0.119. The molecule has 1 aromatic rings. The molecule has 0 unspecified atom stereocenters. The standard InChI is InChI=1S/C18H25N3O2/c1-20-11-5-6-14(12-20)19-17(22)15-7-3-4-8-16(15)21(2)18(23)13-9-10-13/h3-4,7-8,13-14H,5-6,9-12H2,1-2H3,(H,19,22)/t14-/m0/s1. The monoisotopic (exact) mass is 315 g/mol. The van der Waals surface area contributed by atoms with Crippen molar-refractivity contribution >= 4 is 17.5 Å². The Morgan fingerprint density at radius 1 is 1.22 bits per heavy atom. The molecule has 0 aromatic heterocycles. The van der Waals surface area contributed by atoms with Gasteiger partial charge in [-0.3, -0.25) is 9.59 Å². The molecule has 1 aliphatic carbocycles. The van der Waals surface area contributed by atoms with Crippen LogP contribution in [-0.4, -0.2) is 49.9 Å². The number of para-hydroxylation sites is 1. The van der Waals surface area contributed by atoms with Gasteiger partial charge in [0, 0.05) is 25.6 Å². The van der Waals surface area contributed by atoms with Crippen molar-refractivity contribution in [2.45, 2.75) is 31.7 Å². The first-order valence-corrected chi connectivity index (χ1v) is 8.42. The molecule has 1 N–H and O–H groups in total. The van der Waals surface area contributed by atoms with E-state index in [9.17, 15) is 9.59 Å². The molecule has 1 saturated carbocycles. The number of benzene rings is 1. The quantitative estimate of drug-likeness (QED) is 0.923. The van der Waals surface area contributed by atoms with Crippen LogP contribution in [0, 0.1) is 5.92 Å². The normalized spacial score (nSPS) is 21.7. The maximum Gasteiger partial charge on any atom is 0.253 e. The van der Waals surface area contributed by atoms with E-state index >= 15 is 0 Å². The summed E-state index contributed by atoms with van der Waals surface area (Å²) in [7, 11) is 3.84. The van der Waals surface area contributed by atoms with Crippen LogP contribution < -0.4 is 10.2 Å². The van der Waals surface area contributed by atoms with Crippen molar-refractivity contribution in [3.63, 3.8) is 0 Å². The summed E-state index contributed by atoms with van der Waals surface area (Å²) in [6.45, 7) is 1.96. The predicted octanol–water partition coefficient (Wildman–Crippen LogP) is 1.88. The molecule has 1 saturated heterocycles. The molecule has 2 aliphatic rings. The van der Waals surface area contributed by atoms with Crippen molar-refractivity contribution in [3.05, 3.63) is 29.8 Å². The highest BCUT2D eigenvalue weighted by molar-refractivity contribution is 6.05. The van der Waals surface area contributed by atoms with Crippen LogP contribution in [0.4, 0.5) is 5.69 Å². The molecule has 2 amide bonds. The molecule has 0 spiro atoms. The maximum atomic E-state index is 12.7. The van der Waals surface area contributed by atoms with E-state index in [-0.39, 0.29) is 23.8 Å². The summed E-state index contributed by atoms with van der Waals surface area (Å²) in [4.78, 5) is 28.9. The lowest BCUT2D eigenvalue weighted by atomic mass is 10.0. The van der Waals surface area contributed by atoms with Crippen molar-refractivity contribution < 1.29 is 9.59 Å². The Balaban J connectivity index is 1.73. The highest BCUT2D eigenvalue weighted by Gasteiger charge is 2.33. The average Bonchev–Trinajstić information content (AvgIpc) is 3.38. The third kappa shape index (κ3) is 3.72. The van der Waals surface area contributed by atoms with E-state index in [1.165, 1.54) is 0 Å². The van der Waals surface area contributed by atoms with Crippen LogP contribution in [-0.2, 0) is 4.79 Å². The summed E-state index contributed by atoms with van der Waals surface area (Å²) in [6.07, 6.45) is 4.04. The van der Waals surface area contributed by atoms with Gasteiger partial charge in [-0.2, -0.15) is 0 Å². The molecule has 5 heteroatoms. The Kier molecular flexibility index (Phi) is 4.66. The summed E-state index contributed by atoms with van der Waals surface area (Å²) in [5, 5.41) is 3.13. The minimum Gasteiger partial charge on any atom is -0.348 e. The zero-order chi connectivity index (χ0) is 16.4. The Labute approximate surface area is 137 Å². The Morgan fingerprint density at radius 3 is 2.65 bits per heavy atom. The third-order valence-electron chi connectivity index (χ3n) is 4.73. The van der Waals surface area contributed by atoms with Gasteiger partial charge < -0.3 is 15.1 Å². The first-order chi connectivity index (χ1) is 11.1. The molecule has 2 fully saturated rings. The van der Waals surface area contributed by atoms with E-state index in [2.05, 4.69) is 17.3 Å². The van der Waals surface area contributed by atoms with Gasteiger partial charge in [0.1, 0.15) is 0 Å². The number of likely N-dealkylation sites (tertiary alicyclic amines) is 1. The van der Waals surface area contributed by atoms with Crippen molar-refractivity contribution in [1.82, 2.24) is 10.2 Å². The van der Waals surface area contributed by atoms with E-state index < -0.39 is 0 Å². The van der Waals surface area contributed by atoms with Gasteiger partial charge in [-0.1, -0.05) is 12.1 Å². The number of anilines is 1. The molecule has 3 rings (SSSR count). The van der Waals surface area contributed by atoms with Gasteiger partial charge in [0.2, 0.25) is 5.91 Å². The zero-order valence-corrected chi connectivity index (χ0v) is 13.9. The summed E-state index contributed by atoms with van der Waals surface area (Å²) in [6, 6.07) is 7.55. The van der Waals surface area contributed by atoms with Gasteiger partial charge in [0.05, 0.1) is 11.3 Å². The first-order valence-electron chi connectivity index (χ1n) is 8.42. The number of amides is 2. The maximum absolute atomic E-state index is 12.7. The number of piperidine rings is 1. The van der Waals surface area contributed by atoms with Crippen LogP contribution in [0.3, 0.4) is 0 Å². The summed E-state index contributed by atoms with van der Waals surface area (Å²) < 4.78 is 0. The number of carbonyl (C=O) groups is 2. The highest BCUT2D eigenvalue weighted by atomic mass is 16.2. The number of carbonyl (C=O) groups excluding carboxylic acids is 2. The van der Waals surface area contributed by atoms with Crippen molar-refractivity contribution in [3.8, 4) is 0 Å². The second-order valence-electron chi connectivity index (χ2n) is 6.76. The number of hydrogen-bond donors (Lipinski definition) is 1. The fourth-order valence-corrected chi connectivity index (χ4v) is 3.23. The molecular weight excluding hydrogens is 290 g/mol.